The molecule has 3 nitrogen and oxygen atoms in total. The predicted molar refractivity (Wildman–Crippen MR) is 80.9 cm³/mol. The second-order valence-corrected chi connectivity index (χ2v) is 6.94. The Kier molecular flexibility index (Phi) is 4.36. The third kappa shape index (κ3) is 3.28. The van der Waals surface area contributed by atoms with Gasteiger partial charge in [-0.05, 0) is 38.0 Å². The molecular formula is C15H22N2OS. The summed E-state index contributed by atoms with van der Waals surface area (Å²) < 4.78 is 0. The summed E-state index contributed by atoms with van der Waals surface area (Å²) in [5, 5.41) is 0.740. The number of nitrogens with zero attached hydrogens (tertiary/aromatic N) is 2. The summed E-state index contributed by atoms with van der Waals surface area (Å²) in [4.78, 5) is 20.9. The smallest absolute Gasteiger partial charge is 0.256 e. The van der Waals surface area contributed by atoms with Gasteiger partial charge in [-0.3, -0.25) is 4.79 Å². The molecule has 0 saturated heterocycles. The molecule has 2 aliphatic carbocycles. The molecule has 3 rings (SSSR count). The summed E-state index contributed by atoms with van der Waals surface area (Å²) in [6.07, 6.45) is 11.1. The van der Waals surface area contributed by atoms with Gasteiger partial charge in [0.1, 0.15) is 0 Å². The average molecular weight is 278 g/mol. The predicted octanol–water partition coefficient (Wildman–Crippen LogP) is 3.83. The molecule has 104 valence electrons. The molecule has 1 heterocycles. The molecule has 4 heteroatoms. The molecule has 1 aliphatic heterocycles. The minimum Gasteiger partial charge on any atom is -0.272 e. The van der Waals surface area contributed by atoms with Crippen LogP contribution in [-0.2, 0) is 4.79 Å². The van der Waals surface area contributed by atoms with Crippen molar-refractivity contribution in [1.29, 1.82) is 0 Å². The Morgan fingerprint density at radius 2 is 1.79 bits per heavy atom. The Hall–Kier alpha value is -0.640. The monoisotopic (exact) mass is 278 g/mol. The summed E-state index contributed by atoms with van der Waals surface area (Å²) in [5.41, 5.74) is 1.11. The van der Waals surface area contributed by atoms with Crippen LogP contribution in [0, 0.1) is 11.8 Å². The van der Waals surface area contributed by atoms with E-state index in [-0.39, 0.29) is 11.8 Å². The van der Waals surface area contributed by atoms with E-state index in [4.69, 9.17) is 0 Å². The van der Waals surface area contributed by atoms with E-state index in [0.29, 0.717) is 0 Å². The summed E-state index contributed by atoms with van der Waals surface area (Å²) in [6, 6.07) is 0. The first kappa shape index (κ1) is 13.3. The largest absolute Gasteiger partial charge is 0.272 e. The number of fused-ring (bicyclic) bond motifs is 1. The standard InChI is InChI=1S/C15H22N2OS/c18-14-12-8-4-5-9-13(12)16-15(17-14)19-10-11-6-2-1-3-7-11/h11-12H,1-10H2. The van der Waals surface area contributed by atoms with Gasteiger partial charge >= 0.3 is 0 Å². The fourth-order valence-electron chi connectivity index (χ4n) is 3.33. The van der Waals surface area contributed by atoms with Crippen LogP contribution < -0.4 is 0 Å². The number of rotatable bonds is 2. The van der Waals surface area contributed by atoms with Gasteiger partial charge in [-0.25, -0.2) is 4.99 Å². The van der Waals surface area contributed by atoms with Crippen molar-refractivity contribution in [3.8, 4) is 0 Å². The zero-order valence-electron chi connectivity index (χ0n) is 11.4. The van der Waals surface area contributed by atoms with Crippen molar-refractivity contribution in [3.05, 3.63) is 0 Å². The van der Waals surface area contributed by atoms with Crippen LogP contribution in [0.25, 0.3) is 0 Å². The summed E-state index contributed by atoms with van der Waals surface area (Å²) >= 11 is 1.71. The Balaban J connectivity index is 1.58. The van der Waals surface area contributed by atoms with Crippen molar-refractivity contribution in [2.75, 3.05) is 5.75 Å². The first-order valence-electron chi connectivity index (χ1n) is 7.66. The van der Waals surface area contributed by atoms with E-state index in [1.807, 2.05) is 0 Å². The molecule has 1 unspecified atom stereocenters. The van der Waals surface area contributed by atoms with Crippen molar-refractivity contribution in [3.63, 3.8) is 0 Å². The van der Waals surface area contributed by atoms with Crippen molar-refractivity contribution in [2.45, 2.75) is 57.8 Å². The minimum absolute atomic E-state index is 0.0211. The first-order chi connectivity index (χ1) is 9.33. The van der Waals surface area contributed by atoms with Gasteiger partial charge in [0.05, 0.1) is 5.92 Å². The number of hydrogen-bond donors (Lipinski definition) is 0. The number of hydrogen-bond acceptors (Lipinski definition) is 3. The second kappa shape index (κ2) is 6.21. The van der Waals surface area contributed by atoms with Gasteiger partial charge in [-0.2, -0.15) is 4.99 Å². The van der Waals surface area contributed by atoms with Crippen molar-refractivity contribution in [1.82, 2.24) is 0 Å². The molecular weight excluding hydrogens is 256 g/mol. The van der Waals surface area contributed by atoms with Crippen LogP contribution in [0.5, 0.6) is 0 Å². The number of amides is 1. The van der Waals surface area contributed by atoms with Gasteiger partial charge in [0.2, 0.25) is 0 Å². The summed E-state index contributed by atoms with van der Waals surface area (Å²) in [6.45, 7) is 0. The molecule has 0 aromatic rings. The van der Waals surface area contributed by atoms with Gasteiger partial charge < -0.3 is 0 Å². The molecule has 1 amide bonds. The SMILES string of the molecule is O=C1N=C(SCC2CCCCC2)N=C2CCCCC12. The lowest BCUT2D eigenvalue weighted by molar-refractivity contribution is -0.120. The number of aliphatic imine (C=N–C) groups is 2. The molecule has 0 bridgehead atoms. The lowest BCUT2D eigenvalue weighted by Crippen LogP contribution is -2.30. The fourth-order valence-corrected chi connectivity index (χ4v) is 4.38. The molecule has 0 spiro atoms. The third-order valence-corrected chi connectivity index (χ3v) is 5.57. The molecule has 1 atom stereocenters. The van der Waals surface area contributed by atoms with E-state index >= 15 is 0 Å². The number of amidine groups is 1. The Morgan fingerprint density at radius 1 is 1.00 bits per heavy atom. The first-order valence-corrected chi connectivity index (χ1v) is 8.64. The van der Waals surface area contributed by atoms with Crippen LogP contribution in [0.3, 0.4) is 0 Å². The van der Waals surface area contributed by atoms with Gasteiger partial charge in [0, 0.05) is 11.5 Å². The highest BCUT2D eigenvalue weighted by molar-refractivity contribution is 8.13. The van der Waals surface area contributed by atoms with Crippen LogP contribution in [0.1, 0.15) is 57.8 Å². The highest BCUT2D eigenvalue weighted by Gasteiger charge is 2.31. The number of carbonyl (C=O) groups excluding carboxylic acids is 1. The minimum atomic E-state index is 0.0211. The van der Waals surface area contributed by atoms with E-state index in [0.717, 1.165) is 41.8 Å². The molecule has 0 aromatic carbocycles. The maximum atomic E-state index is 12.0. The molecule has 0 aromatic heterocycles. The van der Waals surface area contributed by atoms with Crippen LogP contribution in [-0.4, -0.2) is 22.5 Å². The fraction of sp³-hybridized carbons (Fsp3) is 0.800. The van der Waals surface area contributed by atoms with Crippen LogP contribution in [0.4, 0.5) is 0 Å². The van der Waals surface area contributed by atoms with Gasteiger partial charge in [-0.1, -0.05) is 37.4 Å². The van der Waals surface area contributed by atoms with Crippen molar-refractivity contribution >= 4 is 28.5 Å². The Labute approximate surface area is 119 Å². The van der Waals surface area contributed by atoms with Crippen molar-refractivity contribution < 1.29 is 4.79 Å². The lowest BCUT2D eigenvalue weighted by atomic mass is 9.86. The zero-order valence-corrected chi connectivity index (χ0v) is 12.3. The number of carbonyl (C=O) groups is 1. The molecule has 0 N–H and O–H groups in total. The van der Waals surface area contributed by atoms with Gasteiger partial charge in [0.25, 0.3) is 5.91 Å². The summed E-state index contributed by atoms with van der Waals surface area (Å²) in [7, 11) is 0. The van der Waals surface area contributed by atoms with E-state index in [9.17, 15) is 4.79 Å². The van der Waals surface area contributed by atoms with E-state index in [1.165, 1.54) is 38.5 Å². The molecule has 2 saturated carbocycles. The number of thioether (sulfide) groups is 1. The van der Waals surface area contributed by atoms with Crippen molar-refractivity contribution in [2.24, 2.45) is 21.8 Å². The highest BCUT2D eigenvalue weighted by atomic mass is 32.2. The average Bonchev–Trinajstić information content (AvgIpc) is 2.46. The molecule has 3 aliphatic rings. The molecule has 2 fully saturated rings. The van der Waals surface area contributed by atoms with E-state index < -0.39 is 0 Å². The Bertz CT molecular complexity index is 410. The maximum Gasteiger partial charge on any atom is 0.256 e. The van der Waals surface area contributed by atoms with Crippen LogP contribution in [0.15, 0.2) is 9.98 Å². The molecule has 0 radical (unpaired) electrons. The molecule has 19 heavy (non-hydrogen) atoms. The van der Waals surface area contributed by atoms with Crippen LogP contribution >= 0.6 is 11.8 Å². The quantitative estimate of drug-likeness (QED) is 0.770. The van der Waals surface area contributed by atoms with E-state index in [2.05, 4.69) is 9.98 Å². The van der Waals surface area contributed by atoms with Crippen LogP contribution in [0.2, 0.25) is 0 Å². The second-order valence-electron chi connectivity index (χ2n) is 5.95. The third-order valence-electron chi connectivity index (χ3n) is 4.49. The van der Waals surface area contributed by atoms with Gasteiger partial charge in [0.15, 0.2) is 5.17 Å². The normalized spacial score (nSPS) is 28.6. The zero-order chi connectivity index (χ0) is 13.1. The lowest BCUT2D eigenvalue weighted by Gasteiger charge is -2.25. The van der Waals surface area contributed by atoms with Gasteiger partial charge in [-0.15, -0.1) is 0 Å². The highest BCUT2D eigenvalue weighted by Crippen LogP contribution is 2.30. The summed E-state index contributed by atoms with van der Waals surface area (Å²) in [5.74, 6) is 1.98. The van der Waals surface area contributed by atoms with E-state index in [1.54, 1.807) is 11.8 Å². The Morgan fingerprint density at radius 3 is 2.63 bits per heavy atom. The topological polar surface area (TPSA) is 41.8 Å². The maximum absolute atomic E-state index is 12.0.